The van der Waals surface area contributed by atoms with E-state index in [1.807, 2.05) is 36.4 Å². The van der Waals surface area contributed by atoms with Crippen LogP contribution in [-0.2, 0) is 20.1 Å². The molecule has 0 fully saturated rings. The monoisotopic (exact) mass is 847 g/mol. The van der Waals surface area contributed by atoms with Crippen molar-refractivity contribution in [2.24, 2.45) is 0 Å². The van der Waals surface area contributed by atoms with E-state index >= 15 is 0 Å². The van der Waals surface area contributed by atoms with Gasteiger partial charge in [-0.25, -0.2) is 9.37 Å². The average molecular weight is 846 g/mol. The maximum absolute atomic E-state index is 14.0. The van der Waals surface area contributed by atoms with Crippen molar-refractivity contribution < 1.29 is 30.3 Å². The van der Waals surface area contributed by atoms with Crippen LogP contribution < -0.4 is 4.40 Å². The zero-order valence-electron chi connectivity index (χ0n) is 27.4. The third kappa shape index (κ3) is 7.05. The van der Waals surface area contributed by atoms with Gasteiger partial charge in [0.15, 0.2) is 0 Å². The van der Waals surface area contributed by atoms with Crippen LogP contribution >= 0.6 is 0 Å². The van der Waals surface area contributed by atoms with E-state index in [9.17, 15) is 4.39 Å². The van der Waals surface area contributed by atoms with E-state index < -0.39 is 25.0 Å². The third-order valence-corrected chi connectivity index (χ3v) is 11.9. The number of hydrogen-bond acceptors (Lipinski definition) is 4. The SMILES string of the molecule is [2H]C(C)(C)c1cc(-c2[c-]ccc3c2oc2ncccc23)ncc1F.[CH3][Ge]([CH3])([CH3])[c]1cnc(-c2[c-]cccc2)cc1-c1ccccc1.[Ir]. The summed E-state index contributed by atoms with van der Waals surface area (Å²) in [6.45, 7) is 3.29. The number of benzene rings is 3. The van der Waals surface area contributed by atoms with E-state index in [0.717, 1.165) is 28.2 Å². The van der Waals surface area contributed by atoms with Crippen LogP contribution in [0.5, 0.6) is 0 Å². The molecule has 0 aliphatic rings. The van der Waals surface area contributed by atoms with Gasteiger partial charge < -0.3 is 9.40 Å². The molecule has 233 valence electrons. The van der Waals surface area contributed by atoms with Gasteiger partial charge in [0.1, 0.15) is 5.82 Å². The number of furan rings is 1. The predicted molar refractivity (Wildman–Crippen MR) is 185 cm³/mol. The second-order valence-corrected chi connectivity index (χ2v) is 22.7. The van der Waals surface area contributed by atoms with Crippen LogP contribution in [0.15, 0.2) is 114 Å². The molecule has 0 amide bonds. The Bertz CT molecular complexity index is 2140. The van der Waals surface area contributed by atoms with Crippen LogP contribution in [0.4, 0.5) is 4.39 Å². The summed E-state index contributed by atoms with van der Waals surface area (Å²) in [4.78, 5) is 13.1. The molecule has 0 saturated heterocycles. The fraction of sp³-hybridized carbons (Fsp3) is 0.154. The van der Waals surface area contributed by atoms with Crippen molar-refractivity contribution in [3.8, 4) is 33.6 Å². The number of pyridine rings is 3. The summed E-state index contributed by atoms with van der Waals surface area (Å²) in [5.74, 6) is 5.69. The molecule has 46 heavy (non-hydrogen) atoms. The second-order valence-electron chi connectivity index (χ2n) is 12.1. The molecule has 0 unspecified atom stereocenters. The van der Waals surface area contributed by atoms with Gasteiger partial charge in [0.25, 0.3) is 0 Å². The van der Waals surface area contributed by atoms with Crippen LogP contribution in [0.3, 0.4) is 0 Å². The van der Waals surface area contributed by atoms with Crippen molar-refractivity contribution in [3.05, 3.63) is 133 Å². The molecule has 7 rings (SSSR count). The van der Waals surface area contributed by atoms with Crippen LogP contribution in [0.1, 0.15) is 26.7 Å². The summed E-state index contributed by atoms with van der Waals surface area (Å²) in [5, 5.41) is 1.82. The Kier molecular flexibility index (Phi) is 9.88. The fourth-order valence-electron chi connectivity index (χ4n) is 5.33. The van der Waals surface area contributed by atoms with E-state index in [2.05, 4.69) is 88.0 Å². The summed E-state index contributed by atoms with van der Waals surface area (Å²) in [6, 6.07) is 36.4. The zero-order valence-corrected chi connectivity index (χ0v) is 30.8. The summed E-state index contributed by atoms with van der Waals surface area (Å²) in [6.07, 6.45) is 4.91. The normalized spacial score (nSPS) is 11.8. The van der Waals surface area contributed by atoms with Gasteiger partial charge in [0.2, 0.25) is 5.71 Å². The van der Waals surface area contributed by atoms with Gasteiger partial charge in [-0.2, -0.15) is 0 Å². The van der Waals surface area contributed by atoms with Crippen molar-refractivity contribution in [1.29, 1.82) is 0 Å². The van der Waals surface area contributed by atoms with Gasteiger partial charge in [-0.15, -0.1) is 18.2 Å². The van der Waals surface area contributed by atoms with Crippen molar-refractivity contribution in [2.45, 2.75) is 37.0 Å². The average Bonchev–Trinajstić information content (AvgIpc) is 3.44. The van der Waals surface area contributed by atoms with E-state index in [0.29, 0.717) is 22.6 Å². The number of halogens is 1. The Morgan fingerprint density at radius 2 is 1.57 bits per heavy atom. The summed E-state index contributed by atoms with van der Waals surface area (Å²) in [5.41, 5.74) is 7.24. The van der Waals surface area contributed by atoms with Crippen LogP contribution in [0.25, 0.3) is 55.7 Å². The Labute approximate surface area is 287 Å². The number of hydrogen-bond donors (Lipinski definition) is 0. The first-order chi connectivity index (χ1) is 22.0. The molecule has 7 heteroatoms. The predicted octanol–water partition coefficient (Wildman–Crippen LogP) is 9.86. The number of fused-ring (bicyclic) bond motifs is 3. The maximum Gasteiger partial charge on any atom is 0 e. The Balaban J connectivity index is 0.000000181. The van der Waals surface area contributed by atoms with Crippen LogP contribution in [-0.4, -0.2) is 28.2 Å². The third-order valence-electron chi connectivity index (χ3n) is 7.64. The van der Waals surface area contributed by atoms with Gasteiger partial charge in [-0.05, 0) is 29.3 Å². The van der Waals surface area contributed by atoms with Gasteiger partial charge in [-0.1, -0.05) is 30.9 Å². The molecule has 0 saturated carbocycles. The minimum atomic E-state index is -1.99. The number of aromatic nitrogens is 3. The van der Waals surface area contributed by atoms with Gasteiger partial charge >= 0.3 is 135 Å². The summed E-state index contributed by atoms with van der Waals surface area (Å²) >= 11 is -1.99. The van der Waals surface area contributed by atoms with Crippen molar-refractivity contribution in [2.75, 3.05) is 0 Å². The smallest absolute Gasteiger partial charge is 0 e. The molecule has 7 aromatic rings. The summed E-state index contributed by atoms with van der Waals surface area (Å²) in [7, 11) is 0. The molecule has 0 aliphatic heterocycles. The zero-order chi connectivity index (χ0) is 32.5. The molecule has 0 atom stereocenters. The molecule has 0 N–H and O–H groups in total. The first-order valence-electron chi connectivity index (χ1n) is 15.4. The standard InChI is InChI=1S/C20H20GeN.C19H14FN2O.Ir/c1-21(2,3)19-15-22-20(17-12-8-5-9-13-17)14-18(19)16-10-6-4-7-11-16;1-11(2)15-9-17(22-10-16(15)20)14-6-3-5-12-13-7-4-8-21-19(13)23-18(12)14;/h4-12,14-15H,1-3H3;3-5,7-11H,1-2H3;/q2*-1;/i;11D;. The largest absolute Gasteiger partial charge is 0 e. The van der Waals surface area contributed by atoms with Crippen molar-refractivity contribution in [1.82, 2.24) is 15.0 Å². The molecule has 4 nitrogen and oxygen atoms in total. The van der Waals surface area contributed by atoms with E-state index in [4.69, 9.17) is 10.8 Å². The fourth-order valence-corrected chi connectivity index (χ4v) is 8.43. The topological polar surface area (TPSA) is 51.8 Å². The van der Waals surface area contributed by atoms with E-state index in [-0.39, 0.29) is 25.7 Å². The first kappa shape index (κ1) is 32.0. The first-order valence-corrected chi connectivity index (χ1v) is 22.2. The van der Waals surface area contributed by atoms with Gasteiger partial charge in [-0.3, -0.25) is 0 Å². The minimum Gasteiger partial charge on any atom is 0 e. The Hall–Kier alpha value is -3.97. The molecule has 0 bridgehead atoms. The van der Waals surface area contributed by atoms with Crippen molar-refractivity contribution >= 4 is 39.7 Å². The molecular weight excluding hydrogens is 810 g/mol. The minimum absolute atomic E-state index is 0. The molecule has 1 radical (unpaired) electrons. The van der Waals surface area contributed by atoms with Gasteiger partial charge in [0.05, 0.1) is 11.8 Å². The van der Waals surface area contributed by atoms with Crippen molar-refractivity contribution in [3.63, 3.8) is 0 Å². The molecular formula is C39H34FGeIrN3O-2. The van der Waals surface area contributed by atoms with Gasteiger partial charge in [0, 0.05) is 33.1 Å². The van der Waals surface area contributed by atoms with Crippen LogP contribution in [0, 0.1) is 17.9 Å². The second kappa shape index (κ2) is 14.2. The Morgan fingerprint density at radius 3 is 2.28 bits per heavy atom. The molecule has 0 aliphatic carbocycles. The quantitative estimate of drug-likeness (QED) is 0.128. The van der Waals surface area contributed by atoms with E-state index in [1.54, 1.807) is 32.2 Å². The maximum atomic E-state index is 14.0. The molecule has 4 aromatic heterocycles. The van der Waals surface area contributed by atoms with E-state index in [1.165, 1.54) is 15.5 Å². The molecule has 0 spiro atoms. The Morgan fingerprint density at radius 1 is 0.804 bits per heavy atom. The summed E-state index contributed by atoms with van der Waals surface area (Å²) < 4.78 is 29.5. The number of rotatable bonds is 5. The number of nitrogens with zero attached hydrogens (tertiary/aromatic N) is 3. The molecule has 3 aromatic carbocycles. The van der Waals surface area contributed by atoms with Crippen LogP contribution in [0.2, 0.25) is 17.3 Å². The molecule has 4 heterocycles.